The van der Waals surface area contributed by atoms with Gasteiger partial charge in [-0.05, 0) is 42.7 Å². The number of ether oxygens (including phenoxy) is 1. The lowest BCUT2D eigenvalue weighted by atomic mass is 10.3. The van der Waals surface area contributed by atoms with Crippen molar-refractivity contribution in [2.24, 2.45) is 0 Å². The molecule has 0 aromatic carbocycles. The first-order valence-electron chi connectivity index (χ1n) is 6.60. The van der Waals surface area contributed by atoms with E-state index in [2.05, 4.69) is 16.4 Å². The summed E-state index contributed by atoms with van der Waals surface area (Å²) in [6, 6.07) is -0.182. The van der Waals surface area contributed by atoms with Crippen LogP contribution in [0.4, 0.5) is 0 Å². The van der Waals surface area contributed by atoms with Gasteiger partial charge in [0.2, 0.25) is 10.0 Å². The summed E-state index contributed by atoms with van der Waals surface area (Å²) in [6.07, 6.45) is 0.745. The largest absolute Gasteiger partial charge is 0.465 e. The van der Waals surface area contributed by atoms with E-state index in [4.69, 9.17) is 0 Å². The van der Waals surface area contributed by atoms with Gasteiger partial charge in [-0.15, -0.1) is 11.3 Å². The van der Waals surface area contributed by atoms with Crippen molar-refractivity contribution in [3.8, 4) is 0 Å². The first kappa shape index (κ1) is 18.5. The van der Waals surface area contributed by atoms with Gasteiger partial charge in [0.25, 0.3) is 0 Å². The number of aryl methyl sites for hydroxylation is 1. The van der Waals surface area contributed by atoms with Crippen LogP contribution in [0.5, 0.6) is 0 Å². The number of nitrogens with one attached hydrogen (secondary N) is 1. The van der Waals surface area contributed by atoms with Crippen LogP contribution in [0.15, 0.2) is 10.3 Å². The molecule has 1 atom stereocenters. The second kappa shape index (κ2) is 8.17. The molecule has 0 spiro atoms. The normalized spacial score (nSPS) is 13.1. The minimum atomic E-state index is -3.72. The van der Waals surface area contributed by atoms with E-state index in [9.17, 15) is 13.2 Å². The molecule has 5 nitrogen and oxygen atoms in total. The molecule has 0 aliphatic rings. The van der Waals surface area contributed by atoms with Crippen molar-refractivity contribution in [3.63, 3.8) is 0 Å². The summed E-state index contributed by atoms with van der Waals surface area (Å²) in [4.78, 5) is 11.8. The first-order valence-corrected chi connectivity index (χ1v) is 10.1. The second-order valence-electron chi connectivity index (χ2n) is 4.58. The van der Waals surface area contributed by atoms with Crippen LogP contribution in [0.25, 0.3) is 0 Å². The third kappa shape index (κ3) is 4.98. The van der Waals surface area contributed by atoms with Gasteiger partial charge in [0.05, 0.1) is 7.11 Å². The second-order valence-corrected chi connectivity index (χ2v) is 8.50. The van der Waals surface area contributed by atoms with Crippen molar-refractivity contribution in [2.45, 2.75) is 38.1 Å². The molecule has 0 amide bonds. The molecule has 0 saturated carbocycles. The van der Waals surface area contributed by atoms with E-state index in [-0.39, 0.29) is 15.8 Å². The molecule has 0 saturated heterocycles. The number of hydrogen-bond donors (Lipinski definition) is 1. The highest BCUT2D eigenvalue weighted by atomic mass is 32.2. The summed E-state index contributed by atoms with van der Waals surface area (Å²) >= 11 is 2.85. The van der Waals surface area contributed by atoms with Crippen LogP contribution in [0.1, 0.15) is 35.5 Å². The van der Waals surface area contributed by atoms with Crippen molar-refractivity contribution in [1.82, 2.24) is 4.72 Å². The smallest absolute Gasteiger partial charge is 0.349 e. The molecule has 1 N–H and O–H groups in total. The average molecular weight is 352 g/mol. The molecular weight excluding hydrogens is 330 g/mol. The third-order valence-electron chi connectivity index (χ3n) is 2.81. The molecule has 0 radical (unpaired) electrons. The zero-order chi connectivity index (χ0) is 16.0. The van der Waals surface area contributed by atoms with Crippen molar-refractivity contribution >= 4 is 39.1 Å². The number of thioether (sulfide) groups is 1. The molecule has 1 heterocycles. The topological polar surface area (TPSA) is 72.5 Å². The standard InChI is InChI=1S/C13H21NO4S3/c1-5-19-7-6-10(3)14-21(16,17)12-9(2)8-20-11(12)13(15)18-4/h8,10,14H,5-7H2,1-4H3. The molecule has 0 aliphatic heterocycles. The SMILES string of the molecule is CCSCCC(C)NS(=O)(=O)c1c(C)csc1C(=O)OC. The quantitative estimate of drug-likeness (QED) is 0.576. The van der Waals surface area contributed by atoms with E-state index >= 15 is 0 Å². The summed E-state index contributed by atoms with van der Waals surface area (Å²) in [5.74, 6) is 1.28. The van der Waals surface area contributed by atoms with Gasteiger partial charge < -0.3 is 4.74 Å². The van der Waals surface area contributed by atoms with E-state index in [1.807, 2.05) is 6.92 Å². The van der Waals surface area contributed by atoms with Crippen LogP contribution in [-0.4, -0.2) is 39.0 Å². The van der Waals surface area contributed by atoms with Crippen LogP contribution in [-0.2, 0) is 14.8 Å². The lowest BCUT2D eigenvalue weighted by Gasteiger charge is -2.14. The molecule has 0 aliphatic carbocycles. The van der Waals surface area contributed by atoms with E-state index in [1.165, 1.54) is 7.11 Å². The van der Waals surface area contributed by atoms with Gasteiger partial charge in [-0.1, -0.05) is 6.92 Å². The number of rotatable bonds is 8. The van der Waals surface area contributed by atoms with Crippen molar-refractivity contribution in [2.75, 3.05) is 18.6 Å². The Morgan fingerprint density at radius 1 is 1.52 bits per heavy atom. The average Bonchev–Trinajstić information content (AvgIpc) is 2.80. The Hall–Kier alpha value is -0.570. The number of sulfonamides is 1. The van der Waals surface area contributed by atoms with E-state index in [0.29, 0.717) is 5.56 Å². The number of thiophene rings is 1. The Morgan fingerprint density at radius 3 is 2.76 bits per heavy atom. The van der Waals surface area contributed by atoms with Gasteiger partial charge in [0.15, 0.2) is 0 Å². The van der Waals surface area contributed by atoms with Crippen molar-refractivity contribution in [1.29, 1.82) is 0 Å². The Labute approximate surface area is 134 Å². The summed E-state index contributed by atoms with van der Waals surface area (Å²) in [7, 11) is -2.48. The number of esters is 1. The summed E-state index contributed by atoms with van der Waals surface area (Å²) in [5.41, 5.74) is 0.558. The molecule has 21 heavy (non-hydrogen) atoms. The van der Waals surface area contributed by atoms with Gasteiger partial charge in [0.1, 0.15) is 9.77 Å². The highest BCUT2D eigenvalue weighted by molar-refractivity contribution is 7.99. The highest BCUT2D eigenvalue weighted by Gasteiger charge is 2.28. The molecule has 1 aromatic heterocycles. The van der Waals surface area contributed by atoms with Crippen molar-refractivity contribution < 1.29 is 17.9 Å². The third-order valence-corrected chi connectivity index (χ3v) is 6.73. The molecule has 0 fully saturated rings. The molecule has 120 valence electrons. The van der Waals surface area contributed by atoms with Crippen LogP contribution in [0, 0.1) is 6.92 Å². The molecule has 1 aromatic rings. The Kier molecular flexibility index (Phi) is 7.19. The van der Waals surface area contributed by atoms with Gasteiger partial charge in [-0.2, -0.15) is 11.8 Å². The molecule has 1 unspecified atom stereocenters. The number of carbonyl (C=O) groups excluding carboxylic acids is 1. The fraction of sp³-hybridized carbons (Fsp3) is 0.615. The molecule has 8 heteroatoms. The van der Waals surface area contributed by atoms with Crippen molar-refractivity contribution in [3.05, 3.63) is 15.8 Å². The minimum absolute atomic E-state index is 0.0364. The number of carbonyl (C=O) groups is 1. The fourth-order valence-electron chi connectivity index (χ4n) is 1.79. The minimum Gasteiger partial charge on any atom is -0.465 e. The van der Waals surface area contributed by atoms with E-state index in [1.54, 1.807) is 24.1 Å². The van der Waals surface area contributed by atoms with Crippen LogP contribution in [0.3, 0.4) is 0 Å². The van der Waals surface area contributed by atoms with E-state index in [0.717, 1.165) is 29.3 Å². The maximum absolute atomic E-state index is 12.5. The Morgan fingerprint density at radius 2 is 2.19 bits per heavy atom. The molecular formula is C13H21NO4S3. The summed E-state index contributed by atoms with van der Waals surface area (Å²) in [6.45, 7) is 5.57. The predicted molar refractivity (Wildman–Crippen MR) is 87.8 cm³/mol. The molecule has 0 bridgehead atoms. The molecule has 1 rings (SSSR count). The highest BCUT2D eigenvalue weighted by Crippen LogP contribution is 2.27. The monoisotopic (exact) mass is 351 g/mol. The Balaban J connectivity index is 2.93. The number of hydrogen-bond acceptors (Lipinski definition) is 6. The zero-order valence-electron chi connectivity index (χ0n) is 12.6. The van der Waals surface area contributed by atoms with Crippen LogP contribution < -0.4 is 4.72 Å². The first-order chi connectivity index (χ1) is 9.83. The lowest BCUT2D eigenvalue weighted by molar-refractivity contribution is 0.0602. The summed E-state index contributed by atoms with van der Waals surface area (Å²) < 4.78 is 32.2. The Bertz CT molecular complexity index is 580. The van der Waals surface area contributed by atoms with Gasteiger partial charge in [-0.3, -0.25) is 0 Å². The van der Waals surface area contributed by atoms with Gasteiger partial charge in [0, 0.05) is 6.04 Å². The lowest BCUT2D eigenvalue weighted by Crippen LogP contribution is -2.34. The van der Waals surface area contributed by atoms with Gasteiger partial charge >= 0.3 is 5.97 Å². The zero-order valence-corrected chi connectivity index (χ0v) is 15.1. The summed E-state index contributed by atoms with van der Waals surface area (Å²) in [5, 5.41) is 1.65. The van der Waals surface area contributed by atoms with Crippen LogP contribution in [0.2, 0.25) is 0 Å². The maximum Gasteiger partial charge on any atom is 0.349 e. The predicted octanol–water partition coefficient (Wildman–Crippen LogP) is 2.65. The number of methoxy groups -OCH3 is 1. The van der Waals surface area contributed by atoms with E-state index < -0.39 is 16.0 Å². The van der Waals surface area contributed by atoms with Crippen LogP contribution >= 0.6 is 23.1 Å². The van der Waals surface area contributed by atoms with Gasteiger partial charge in [-0.25, -0.2) is 17.9 Å². The fourth-order valence-corrected chi connectivity index (χ4v) is 5.58. The maximum atomic E-state index is 12.5.